The molecule has 1 aliphatic carbocycles. The van der Waals surface area contributed by atoms with Gasteiger partial charge in [0.2, 0.25) is 0 Å². The molecular weight excluding hydrogens is 302 g/mol. The zero-order valence-corrected chi connectivity index (χ0v) is 15.7. The second-order valence-corrected chi connectivity index (χ2v) is 7.16. The first kappa shape index (κ1) is 20.3. The van der Waals surface area contributed by atoms with E-state index in [9.17, 15) is 9.90 Å². The molecule has 0 heterocycles. The lowest BCUT2D eigenvalue weighted by molar-refractivity contribution is -0.146. The molecule has 2 N–H and O–H groups in total. The Morgan fingerprint density at radius 2 is 1.88 bits per heavy atom. The largest absolute Gasteiger partial charge is 0.469 e. The number of carbonyl (C=O) groups is 1. The Morgan fingerprint density at radius 3 is 2.38 bits per heavy atom. The van der Waals surface area contributed by atoms with E-state index >= 15 is 0 Å². The monoisotopic (exact) mass is 333 g/mol. The molecule has 0 bridgehead atoms. The standard InChI is InChI=1S/C20H31NO3/c1-14(11-12-20(4,5)23)15(2)16(3)21-13-17-7-9-18(10-8-17)19(22)24-6/h17-18,21,23H,3,7-10,13H2,1-2,4-6H3/b15-14-. The lowest BCUT2D eigenvalue weighted by Crippen LogP contribution is -2.29. The molecule has 1 aliphatic rings. The topological polar surface area (TPSA) is 58.6 Å². The van der Waals surface area contributed by atoms with Gasteiger partial charge in [0.1, 0.15) is 5.60 Å². The molecule has 1 fully saturated rings. The van der Waals surface area contributed by atoms with E-state index in [0.717, 1.165) is 49.1 Å². The zero-order valence-electron chi connectivity index (χ0n) is 15.7. The summed E-state index contributed by atoms with van der Waals surface area (Å²) in [6.07, 6.45) is 3.85. The van der Waals surface area contributed by atoms with Gasteiger partial charge in [-0.1, -0.05) is 18.4 Å². The number of allylic oxidation sites excluding steroid dienone is 2. The van der Waals surface area contributed by atoms with Gasteiger partial charge in [0.05, 0.1) is 13.0 Å². The zero-order chi connectivity index (χ0) is 18.3. The molecule has 0 atom stereocenters. The van der Waals surface area contributed by atoms with Crippen molar-refractivity contribution in [2.45, 2.75) is 59.0 Å². The molecule has 4 heteroatoms. The van der Waals surface area contributed by atoms with Crippen LogP contribution in [0.15, 0.2) is 23.4 Å². The second kappa shape index (κ2) is 8.94. The third-order valence-corrected chi connectivity index (χ3v) is 4.56. The van der Waals surface area contributed by atoms with Crippen LogP contribution in [-0.2, 0) is 9.53 Å². The van der Waals surface area contributed by atoms with Crippen LogP contribution in [0.4, 0.5) is 0 Å². The van der Waals surface area contributed by atoms with Gasteiger partial charge in [0.15, 0.2) is 0 Å². The van der Waals surface area contributed by atoms with E-state index < -0.39 is 5.60 Å². The number of esters is 1. The number of carbonyl (C=O) groups excluding carboxylic acids is 1. The van der Waals surface area contributed by atoms with Gasteiger partial charge in [-0.25, -0.2) is 0 Å². The lowest BCUT2D eigenvalue weighted by Gasteiger charge is -2.27. The van der Waals surface area contributed by atoms with E-state index in [0.29, 0.717) is 5.92 Å². The van der Waals surface area contributed by atoms with Gasteiger partial charge >= 0.3 is 5.97 Å². The normalized spacial score (nSPS) is 21.9. The highest BCUT2D eigenvalue weighted by molar-refractivity contribution is 5.72. The minimum absolute atomic E-state index is 0.0652. The fourth-order valence-electron chi connectivity index (χ4n) is 2.74. The number of rotatable bonds is 5. The molecule has 0 saturated heterocycles. The summed E-state index contributed by atoms with van der Waals surface area (Å²) in [5, 5.41) is 13.1. The molecule has 1 saturated carbocycles. The lowest BCUT2D eigenvalue weighted by atomic mass is 9.82. The number of hydrogen-bond donors (Lipinski definition) is 2. The van der Waals surface area contributed by atoms with Crippen molar-refractivity contribution in [1.82, 2.24) is 5.32 Å². The maximum atomic E-state index is 11.5. The Labute approximate surface area is 146 Å². The van der Waals surface area contributed by atoms with Crippen molar-refractivity contribution < 1.29 is 14.6 Å². The highest BCUT2D eigenvalue weighted by Crippen LogP contribution is 2.29. The van der Waals surface area contributed by atoms with Gasteiger partial charge in [-0.15, -0.1) is 0 Å². The van der Waals surface area contributed by atoms with Crippen molar-refractivity contribution in [2.75, 3.05) is 13.7 Å². The van der Waals surface area contributed by atoms with Gasteiger partial charge in [0, 0.05) is 17.8 Å². The number of aliphatic hydroxyl groups is 1. The summed E-state index contributed by atoms with van der Waals surface area (Å²) in [6, 6.07) is 0. The molecule has 24 heavy (non-hydrogen) atoms. The van der Waals surface area contributed by atoms with E-state index in [1.54, 1.807) is 13.8 Å². The van der Waals surface area contributed by atoms with Crippen LogP contribution >= 0.6 is 0 Å². The predicted octanol–water partition coefficient (Wildman–Crippen LogP) is 3.18. The van der Waals surface area contributed by atoms with Gasteiger partial charge in [-0.2, -0.15) is 0 Å². The number of methoxy groups -OCH3 is 1. The van der Waals surface area contributed by atoms with E-state index in [1.165, 1.54) is 7.11 Å². The molecule has 4 nitrogen and oxygen atoms in total. The molecule has 0 aromatic rings. The summed E-state index contributed by atoms with van der Waals surface area (Å²) < 4.78 is 4.82. The van der Waals surface area contributed by atoms with E-state index in [1.807, 2.05) is 13.8 Å². The molecule has 0 aliphatic heterocycles. The van der Waals surface area contributed by atoms with Gasteiger partial charge < -0.3 is 15.2 Å². The number of ether oxygens (including phenoxy) is 1. The van der Waals surface area contributed by atoms with E-state index in [-0.39, 0.29) is 11.9 Å². The Bertz CT molecular complexity index is 550. The molecule has 134 valence electrons. The minimum Gasteiger partial charge on any atom is -0.469 e. The molecule has 1 rings (SSSR count). The predicted molar refractivity (Wildman–Crippen MR) is 97.1 cm³/mol. The highest BCUT2D eigenvalue weighted by Gasteiger charge is 2.26. The Kier molecular flexibility index (Phi) is 7.57. The van der Waals surface area contributed by atoms with Crippen LogP contribution in [0, 0.1) is 23.7 Å². The quantitative estimate of drug-likeness (QED) is 0.461. The molecule has 0 unspecified atom stereocenters. The van der Waals surface area contributed by atoms with Crippen LogP contribution in [0.25, 0.3) is 0 Å². The van der Waals surface area contributed by atoms with Gasteiger partial charge in [0.25, 0.3) is 0 Å². The fourth-order valence-corrected chi connectivity index (χ4v) is 2.74. The van der Waals surface area contributed by atoms with Gasteiger partial charge in [-0.3, -0.25) is 4.79 Å². The van der Waals surface area contributed by atoms with Crippen molar-refractivity contribution in [3.8, 4) is 11.8 Å². The molecule has 0 radical (unpaired) electrons. The van der Waals surface area contributed by atoms with Crippen LogP contribution in [-0.4, -0.2) is 30.3 Å². The van der Waals surface area contributed by atoms with Crippen molar-refractivity contribution in [3.05, 3.63) is 23.4 Å². The summed E-state index contributed by atoms with van der Waals surface area (Å²) in [5.41, 5.74) is 1.79. The Balaban J connectivity index is 2.49. The SMILES string of the molecule is C=C(NCC1CCC(C(=O)OC)CC1)/C(C)=C(/C)C#CC(C)(C)O. The van der Waals surface area contributed by atoms with E-state index in [4.69, 9.17) is 4.74 Å². The van der Waals surface area contributed by atoms with Crippen LogP contribution < -0.4 is 5.32 Å². The number of nitrogens with one attached hydrogen (secondary N) is 1. The molecular formula is C20H31NO3. The molecule has 0 aromatic carbocycles. The molecule has 0 spiro atoms. The fraction of sp³-hybridized carbons (Fsp3) is 0.650. The Morgan fingerprint density at radius 1 is 1.29 bits per heavy atom. The average Bonchev–Trinajstić information content (AvgIpc) is 2.55. The third kappa shape index (κ3) is 6.80. The van der Waals surface area contributed by atoms with Crippen molar-refractivity contribution in [1.29, 1.82) is 0 Å². The molecule has 0 aromatic heterocycles. The first-order valence-corrected chi connectivity index (χ1v) is 8.58. The second-order valence-electron chi connectivity index (χ2n) is 7.16. The van der Waals surface area contributed by atoms with Crippen molar-refractivity contribution in [2.24, 2.45) is 11.8 Å². The van der Waals surface area contributed by atoms with Crippen LogP contribution in [0.1, 0.15) is 53.4 Å². The van der Waals surface area contributed by atoms with Crippen LogP contribution in [0.3, 0.4) is 0 Å². The maximum Gasteiger partial charge on any atom is 0.308 e. The van der Waals surface area contributed by atoms with Crippen molar-refractivity contribution in [3.63, 3.8) is 0 Å². The van der Waals surface area contributed by atoms with Gasteiger partial charge in [-0.05, 0) is 64.9 Å². The van der Waals surface area contributed by atoms with E-state index in [2.05, 4.69) is 23.7 Å². The summed E-state index contributed by atoms with van der Waals surface area (Å²) in [5.74, 6) is 6.35. The third-order valence-electron chi connectivity index (χ3n) is 4.56. The Hall–Kier alpha value is -1.73. The average molecular weight is 333 g/mol. The first-order chi connectivity index (χ1) is 11.1. The highest BCUT2D eigenvalue weighted by atomic mass is 16.5. The summed E-state index contributed by atoms with van der Waals surface area (Å²) in [4.78, 5) is 11.5. The molecule has 0 amide bonds. The van der Waals surface area contributed by atoms with Crippen LogP contribution in [0.2, 0.25) is 0 Å². The van der Waals surface area contributed by atoms with Crippen LogP contribution in [0.5, 0.6) is 0 Å². The van der Waals surface area contributed by atoms with Crippen molar-refractivity contribution >= 4 is 5.97 Å². The summed E-state index contributed by atoms with van der Waals surface area (Å²) in [7, 11) is 1.46. The number of hydrogen-bond acceptors (Lipinski definition) is 4. The summed E-state index contributed by atoms with van der Waals surface area (Å²) >= 11 is 0. The summed E-state index contributed by atoms with van der Waals surface area (Å²) in [6.45, 7) is 12.2. The maximum absolute atomic E-state index is 11.5. The minimum atomic E-state index is -0.991. The first-order valence-electron chi connectivity index (χ1n) is 8.58. The smallest absolute Gasteiger partial charge is 0.308 e.